The molecule has 0 saturated heterocycles. The molecule has 0 aliphatic heterocycles. The molecule has 0 heterocycles. The van der Waals surface area contributed by atoms with Gasteiger partial charge in [0.1, 0.15) is 5.82 Å². The van der Waals surface area contributed by atoms with Crippen molar-refractivity contribution in [2.75, 3.05) is 6.61 Å². The topological polar surface area (TPSA) is 26.3 Å². The third kappa shape index (κ3) is 2.54. The van der Waals surface area contributed by atoms with Crippen LogP contribution < -0.4 is 0 Å². The molecule has 1 aromatic carbocycles. The number of carbonyl (C=O) groups excluding carboxylic acids is 1. The van der Waals surface area contributed by atoms with Gasteiger partial charge in [0.25, 0.3) is 0 Å². The molecule has 14 heavy (non-hydrogen) atoms. The van der Waals surface area contributed by atoms with Crippen LogP contribution in [0.3, 0.4) is 0 Å². The molecular formula is C10H10BrFO2. The first-order valence-electron chi connectivity index (χ1n) is 4.20. The molecule has 0 atom stereocenters. The summed E-state index contributed by atoms with van der Waals surface area (Å²) in [6, 6.07) is 4.44. The van der Waals surface area contributed by atoms with Gasteiger partial charge in [-0.2, -0.15) is 0 Å². The molecule has 1 aromatic rings. The van der Waals surface area contributed by atoms with E-state index in [4.69, 9.17) is 4.74 Å². The van der Waals surface area contributed by atoms with Gasteiger partial charge in [0.15, 0.2) is 0 Å². The van der Waals surface area contributed by atoms with Crippen LogP contribution in [0.4, 0.5) is 4.39 Å². The van der Waals surface area contributed by atoms with E-state index in [1.165, 1.54) is 12.1 Å². The van der Waals surface area contributed by atoms with Gasteiger partial charge in [-0.05, 0) is 24.6 Å². The highest BCUT2D eigenvalue weighted by molar-refractivity contribution is 9.08. The lowest BCUT2D eigenvalue weighted by Gasteiger charge is -2.03. The van der Waals surface area contributed by atoms with E-state index in [1.807, 2.05) is 0 Å². The summed E-state index contributed by atoms with van der Waals surface area (Å²) in [5.74, 6) is -1.16. The Balaban J connectivity index is 2.94. The highest BCUT2D eigenvalue weighted by Crippen LogP contribution is 2.13. The van der Waals surface area contributed by atoms with E-state index in [1.54, 1.807) is 13.0 Å². The number of alkyl halides is 1. The van der Waals surface area contributed by atoms with Crippen molar-refractivity contribution in [2.45, 2.75) is 12.3 Å². The van der Waals surface area contributed by atoms with Gasteiger partial charge in [-0.15, -0.1) is 0 Å². The standard InChI is InChI=1S/C10H10BrFO2/c1-2-14-10(13)8-4-3-7(6-11)5-9(8)12/h3-5H,2,6H2,1H3. The SMILES string of the molecule is CCOC(=O)c1ccc(CBr)cc1F. The van der Waals surface area contributed by atoms with Gasteiger partial charge in [0, 0.05) is 5.33 Å². The summed E-state index contributed by atoms with van der Waals surface area (Å²) >= 11 is 3.20. The lowest BCUT2D eigenvalue weighted by Crippen LogP contribution is -2.07. The van der Waals surface area contributed by atoms with Crippen LogP contribution >= 0.6 is 15.9 Å². The first kappa shape index (κ1) is 11.2. The normalized spacial score (nSPS) is 9.93. The number of halogens is 2. The third-order valence-corrected chi connectivity index (χ3v) is 2.33. The molecule has 0 bridgehead atoms. The van der Waals surface area contributed by atoms with Crippen molar-refractivity contribution < 1.29 is 13.9 Å². The summed E-state index contributed by atoms with van der Waals surface area (Å²) in [6.07, 6.45) is 0. The summed E-state index contributed by atoms with van der Waals surface area (Å²) in [6.45, 7) is 1.93. The van der Waals surface area contributed by atoms with Crippen LogP contribution in [-0.2, 0) is 10.1 Å². The Labute approximate surface area is 90.2 Å². The van der Waals surface area contributed by atoms with Crippen LogP contribution in [-0.4, -0.2) is 12.6 Å². The van der Waals surface area contributed by atoms with Gasteiger partial charge in [-0.25, -0.2) is 9.18 Å². The van der Waals surface area contributed by atoms with Crippen molar-refractivity contribution in [2.24, 2.45) is 0 Å². The molecule has 0 saturated carbocycles. The van der Waals surface area contributed by atoms with Crippen molar-refractivity contribution in [3.63, 3.8) is 0 Å². The maximum atomic E-state index is 13.3. The summed E-state index contributed by atoms with van der Waals surface area (Å²) < 4.78 is 18.0. The van der Waals surface area contributed by atoms with Crippen molar-refractivity contribution in [3.05, 3.63) is 35.1 Å². The van der Waals surface area contributed by atoms with Crippen LogP contribution in [0, 0.1) is 5.82 Å². The number of benzene rings is 1. The molecule has 0 aliphatic carbocycles. The second-order valence-electron chi connectivity index (χ2n) is 2.67. The number of carbonyl (C=O) groups is 1. The van der Waals surface area contributed by atoms with Crippen molar-refractivity contribution in [1.82, 2.24) is 0 Å². The Morgan fingerprint density at radius 1 is 1.57 bits per heavy atom. The fourth-order valence-corrected chi connectivity index (χ4v) is 1.36. The zero-order chi connectivity index (χ0) is 10.6. The number of hydrogen-bond donors (Lipinski definition) is 0. The fourth-order valence-electron chi connectivity index (χ4n) is 1.02. The average molecular weight is 261 g/mol. The Hall–Kier alpha value is -0.900. The van der Waals surface area contributed by atoms with E-state index in [9.17, 15) is 9.18 Å². The number of rotatable bonds is 3. The number of esters is 1. The van der Waals surface area contributed by atoms with Gasteiger partial charge in [0.2, 0.25) is 0 Å². The summed E-state index contributed by atoms with van der Waals surface area (Å²) in [5.41, 5.74) is 0.770. The fraction of sp³-hybridized carbons (Fsp3) is 0.300. The minimum atomic E-state index is -0.619. The Morgan fingerprint density at radius 2 is 2.29 bits per heavy atom. The van der Waals surface area contributed by atoms with E-state index in [-0.39, 0.29) is 12.2 Å². The second kappa shape index (κ2) is 5.10. The van der Waals surface area contributed by atoms with E-state index >= 15 is 0 Å². The lowest BCUT2D eigenvalue weighted by molar-refractivity contribution is 0.0521. The van der Waals surface area contributed by atoms with E-state index < -0.39 is 11.8 Å². The third-order valence-electron chi connectivity index (χ3n) is 1.68. The molecule has 76 valence electrons. The summed E-state index contributed by atoms with van der Waals surface area (Å²) in [4.78, 5) is 11.2. The predicted molar refractivity (Wildman–Crippen MR) is 55.0 cm³/mol. The Kier molecular flexibility index (Phi) is 4.07. The van der Waals surface area contributed by atoms with Crippen LogP contribution in [0.15, 0.2) is 18.2 Å². The molecule has 0 radical (unpaired) electrons. The highest BCUT2D eigenvalue weighted by atomic mass is 79.9. The molecule has 0 aromatic heterocycles. The molecule has 2 nitrogen and oxygen atoms in total. The molecule has 0 spiro atoms. The van der Waals surface area contributed by atoms with Crippen LogP contribution in [0.2, 0.25) is 0 Å². The van der Waals surface area contributed by atoms with Gasteiger partial charge in [0.05, 0.1) is 12.2 Å². The van der Waals surface area contributed by atoms with E-state index in [0.29, 0.717) is 5.33 Å². The van der Waals surface area contributed by atoms with Crippen molar-refractivity contribution in [3.8, 4) is 0 Å². The van der Waals surface area contributed by atoms with Gasteiger partial charge in [-0.3, -0.25) is 0 Å². The van der Waals surface area contributed by atoms with Crippen LogP contribution in [0.5, 0.6) is 0 Å². The molecule has 1 rings (SSSR count). The summed E-state index contributed by atoms with van der Waals surface area (Å²) in [5, 5.41) is 0.563. The number of hydrogen-bond acceptors (Lipinski definition) is 2. The smallest absolute Gasteiger partial charge is 0.341 e. The lowest BCUT2D eigenvalue weighted by atomic mass is 10.1. The van der Waals surface area contributed by atoms with Crippen LogP contribution in [0.25, 0.3) is 0 Å². The van der Waals surface area contributed by atoms with Crippen molar-refractivity contribution >= 4 is 21.9 Å². The first-order valence-corrected chi connectivity index (χ1v) is 5.32. The minimum Gasteiger partial charge on any atom is -0.462 e. The molecule has 0 N–H and O–H groups in total. The quantitative estimate of drug-likeness (QED) is 0.617. The average Bonchev–Trinajstić information content (AvgIpc) is 2.17. The second-order valence-corrected chi connectivity index (χ2v) is 3.23. The molecular weight excluding hydrogens is 251 g/mol. The van der Waals surface area contributed by atoms with Gasteiger partial charge >= 0.3 is 5.97 Å². The minimum absolute atomic E-state index is 0.0171. The Bertz CT molecular complexity index is 339. The number of ether oxygens (including phenoxy) is 1. The molecule has 4 heteroatoms. The van der Waals surface area contributed by atoms with E-state index in [2.05, 4.69) is 15.9 Å². The maximum Gasteiger partial charge on any atom is 0.341 e. The summed E-state index contributed by atoms with van der Waals surface area (Å²) in [7, 11) is 0. The van der Waals surface area contributed by atoms with Crippen LogP contribution in [0.1, 0.15) is 22.8 Å². The zero-order valence-electron chi connectivity index (χ0n) is 7.72. The Morgan fingerprint density at radius 3 is 2.79 bits per heavy atom. The molecule has 0 unspecified atom stereocenters. The van der Waals surface area contributed by atoms with Crippen molar-refractivity contribution in [1.29, 1.82) is 0 Å². The molecule has 0 amide bonds. The monoisotopic (exact) mass is 260 g/mol. The van der Waals surface area contributed by atoms with Gasteiger partial charge < -0.3 is 4.74 Å². The first-order chi connectivity index (χ1) is 6.69. The zero-order valence-corrected chi connectivity index (χ0v) is 9.30. The highest BCUT2D eigenvalue weighted by Gasteiger charge is 2.12. The predicted octanol–water partition coefficient (Wildman–Crippen LogP) is 2.90. The molecule has 0 aliphatic rings. The molecule has 0 fully saturated rings. The maximum absolute atomic E-state index is 13.3. The van der Waals surface area contributed by atoms with Gasteiger partial charge in [-0.1, -0.05) is 22.0 Å². The van der Waals surface area contributed by atoms with E-state index in [0.717, 1.165) is 5.56 Å². The largest absolute Gasteiger partial charge is 0.462 e.